The van der Waals surface area contributed by atoms with E-state index in [1.807, 2.05) is 0 Å². The Hall–Kier alpha value is -5.75. The molecular weight excluding hydrogens is 699 g/mol. The molecule has 0 spiro atoms. The molecule has 2 aliphatic heterocycles. The third-order valence-corrected chi connectivity index (χ3v) is 11.7. The first-order chi connectivity index (χ1) is 26.6. The Kier molecular flexibility index (Phi) is 9.77. The lowest BCUT2D eigenvalue weighted by atomic mass is 9.87. The van der Waals surface area contributed by atoms with Crippen molar-refractivity contribution in [3.8, 4) is 6.07 Å². The summed E-state index contributed by atoms with van der Waals surface area (Å²) in [7, 11) is 3.31. The number of nitrogens with one attached hydrogen (secondary N) is 3. The Morgan fingerprint density at radius 3 is 2.29 bits per heavy atom. The van der Waals surface area contributed by atoms with E-state index in [2.05, 4.69) is 59.7 Å². The Morgan fingerprint density at radius 1 is 0.909 bits per heavy atom. The maximum absolute atomic E-state index is 14.6. The number of aromatic amines is 2. The van der Waals surface area contributed by atoms with E-state index in [0.29, 0.717) is 82.2 Å². The van der Waals surface area contributed by atoms with Gasteiger partial charge >= 0.3 is 11.8 Å². The number of hydrogen-bond acceptors (Lipinski definition) is 8. The van der Waals surface area contributed by atoms with Gasteiger partial charge < -0.3 is 39.1 Å². The SMILES string of the molecule is CC(C)N1CCC(N(C(=O)c2cn(C)c(=O)c3[nH]cc([N+]#Cc4ccnc(N5CCC(NC(=O)c6cn(C)c(=O)c7[nH]ccc67)CC5)n4)c23)C2CCC2)CC1. The number of H-pyrrole nitrogens is 2. The van der Waals surface area contributed by atoms with Crippen LogP contribution in [0.25, 0.3) is 26.7 Å². The van der Waals surface area contributed by atoms with Gasteiger partial charge in [-0.25, -0.2) is 4.98 Å². The number of aromatic nitrogens is 6. The third-order valence-electron chi connectivity index (χ3n) is 11.7. The molecule has 1 saturated carbocycles. The highest BCUT2D eigenvalue weighted by molar-refractivity contribution is 6.11. The van der Waals surface area contributed by atoms with Crippen LogP contribution in [-0.2, 0) is 14.1 Å². The fourth-order valence-electron chi connectivity index (χ4n) is 8.33. The normalized spacial score (nSPS) is 17.4. The Bertz CT molecular complexity index is 2450. The van der Waals surface area contributed by atoms with Gasteiger partial charge in [-0.15, -0.1) is 0 Å². The number of fused-ring (bicyclic) bond motifs is 2. The number of aryl methyl sites for hydroxylation is 2. The highest BCUT2D eigenvalue weighted by Gasteiger charge is 2.38. The quantitative estimate of drug-likeness (QED) is 0.224. The van der Waals surface area contributed by atoms with E-state index in [1.54, 1.807) is 57.2 Å². The molecule has 0 unspecified atom stereocenters. The first-order valence-electron chi connectivity index (χ1n) is 19.4. The number of pyridine rings is 2. The first kappa shape index (κ1) is 36.2. The van der Waals surface area contributed by atoms with Crippen molar-refractivity contribution in [3.05, 3.63) is 85.5 Å². The Labute approximate surface area is 318 Å². The molecule has 7 heterocycles. The molecule has 5 aromatic rings. The average Bonchev–Trinajstić information content (AvgIpc) is 3.84. The van der Waals surface area contributed by atoms with E-state index < -0.39 is 0 Å². The van der Waals surface area contributed by atoms with Gasteiger partial charge in [0.25, 0.3) is 22.9 Å². The largest absolute Gasteiger partial charge is 0.366 e. The zero-order valence-corrected chi connectivity index (χ0v) is 31.8. The van der Waals surface area contributed by atoms with Gasteiger partial charge in [0.05, 0.1) is 17.3 Å². The Balaban J connectivity index is 0.992. The van der Waals surface area contributed by atoms with E-state index >= 15 is 0 Å². The van der Waals surface area contributed by atoms with Crippen molar-refractivity contribution < 1.29 is 9.59 Å². The highest BCUT2D eigenvalue weighted by atomic mass is 16.2. The smallest absolute Gasteiger partial charge is 0.357 e. The second-order valence-corrected chi connectivity index (χ2v) is 15.5. The molecule has 0 radical (unpaired) electrons. The van der Waals surface area contributed by atoms with Gasteiger partial charge in [0.1, 0.15) is 16.4 Å². The van der Waals surface area contributed by atoms with Gasteiger partial charge in [-0.1, -0.05) is 0 Å². The summed E-state index contributed by atoms with van der Waals surface area (Å²) >= 11 is 0. The van der Waals surface area contributed by atoms with E-state index in [1.165, 1.54) is 9.13 Å². The summed E-state index contributed by atoms with van der Waals surface area (Å²) in [5, 5.41) is 4.24. The van der Waals surface area contributed by atoms with Gasteiger partial charge in [-0.2, -0.15) is 4.98 Å². The lowest BCUT2D eigenvalue weighted by Gasteiger charge is -2.46. The minimum atomic E-state index is -0.232. The molecule has 0 aromatic carbocycles. The second kappa shape index (κ2) is 14.8. The zero-order chi connectivity index (χ0) is 38.4. The third kappa shape index (κ3) is 6.91. The molecule has 0 bridgehead atoms. The Morgan fingerprint density at radius 2 is 1.60 bits per heavy atom. The minimum Gasteiger partial charge on any atom is -0.357 e. The lowest BCUT2D eigenvalue weighted by Crippen LogP contribution is -2.54. The number of amides is 2. The van der Waals surface area contributed by atoms with Crippen molar-refractivity contribution in [1.82, 2.24) is 44.2 Å². The van der Waals surface area contributed by atoms with Crippen LogP contribution in [0.1, 0.15) is 85.2 Å². The second-order valence-electron chi connectivity index (χ2n) is 15.5. The summed E-state index contributed by atoms with van der Waals surface area (Å²) in [6.07, 6.45) is 14.6. The summed E-state index contributed by atoms with van der Waals surface area (Å²) in [4.78, 5) is 80.2. The number of rotatable bonds is 7. The topological polar surface area (TPSA) is 162 Å². The first-order valence-corrected chi connectivity index (χ1v) is 19.4. The van der Waals surface area contributed by atoms with Crippen LogP contribution >= 0.6 is 0 Å². The van der Waals surface area contributed by atoms with Crippen LogP contribution < -0.4 is 21.3 Å². The number of piperidine rings is 2. The number of carbonyl (C=O) groups excluding carboxylic acids is 2. The lowest BCUT2D eigenvalue weighted by molar-refractivity contribution is 0.0263. The molecule has 55 heavy (non-hydrogen) atoms. The molecule has 5 aromatic heterocycles. The molecule has 3 N–H and O–H groups in total. The van der Waals surface area contributed by atoms with Crippen LogP contribution in [0.4, 0.5) is 11.6 Å². The molecule has 8 rings (SSSR count). The molecule has 1 aliphatic carbocycles. The van der Waals surface area contributed by atoms with Crippen LogP contribution in [0.5, 0.6) is 0 Å². The maximum atomic E-state index is 14.6. The predicted molar refractivity (Wildman–Crippen MR) is 211 cm³/mol. The fourth-order valence-corrected chi connectivity index (χ4v) is 8.33. The van der Waals surface area contributed by atoms with E-state index in [9.17, 15) is 19.2 Å². The predicted octanol–water partition coefficient (Wildman–Crippen LogP) is 4.12. The minimum absolute atomic E-state index is 0.0502. The fraction of sp³-hybridized carbons (Fsp3) is 0.475. The van der Waals surface area contributed by atoms with Crippen molar-refractivity contribution in [2.24, 2.45) is 14.1 Å². The molecule has 2 amide bonds. The number of nitrogens with zero attached hydrogens (tertiary/aromatic N) is 8. The standard InChI is InChI=1S/C40H47N11O4/c1-24(2)49-18-12-28(13-19-49)51(27-6-5-7-27)37(53)31-23-48(4)39(55)35-33(31)32(21-44-35)43-20-26-8-14-42-40(46-26)50-16-10-25(11-17-50)45-36(52)30-22-47(3)38(54)34-29(30)9-15-41-34/h8-9,14-15,21-25,27-28H,5-7,10-13,16-19H2,1-4H3,(H2-,41,42,44,45,46,52,54,55)/p+1. The zero-order valence-electron chi connectivity index (χ0n) is 31.8. The molecular formula is C40H48N11O4+. The van der Waals surface area contributed by atoms with E-state index in [4.69, 9.17) is 4.98 Å². The van der Waals surface area contributed by atoms with Crippen molar-refractivity contribution in [2.45, 2.75) is 83.0 Å². The van der Waals surface area contributed by atoms with Gasteiger partial charge in [-0.3, -0.25) is 19.2 Å². The summed E-state index contributed by atoms with van der Waals surface area (Å²) < 4.78 is 2.89. The van der Waals surface area contributed by atoms with Gasteiger partial charge in [0.15, 0.2) is 5.69 Å². The van der Waals surface area contributed by atoms with Crippen molar-refractivity contribution in [1.29, 1.82) is 0 Å². The molecule has 15 nitrogen and oxygen atoms in total. The highest BCUT2D eigenvalue weighted by Crippen LogP contribution is 2.35. The average molecular weight is 747 g/mol. The van der Waals surface area contributed by atoms with Crippen LogP contribution in [-0.4, -0.2) is 101 Å². The van der Waals surface area contributed by atoms with Crippen LogP contribution in [0.3, 0.4) is 0 Å². The summed E-state index contributed by atoms with van der Waals surface area (Å²) in [5.74, 6) is 0.256. The molecule has 3 fully saturated rings. The number of likely N-dealkylation sites (tertiary alicyclic amines) is 1. The van der Waals surface area contributed by atoms with E-state index in [-0.39, 0.29) is 41.1 Å². The molecule has 3 aliphatic rings. The van der Waals surface area contributed by atoms with Crippen LogP contribution in [0.2, 0.25) is 0 Å². The molecule has 0 atom stereocenters. The summed E-state index contributed by atoms with van der Waals surface area (Å²) in [6, 6.07) is 7.29. The molecule has 15 heteroatoms. The van der Waals surface area contributed by atoms with Crippen LogP contribution in [0, 0.1) is 6.07 Å². The number of carbonyl (C=O) groups is 2. The van der Waals surface area contributed by atoms with Gasteiger partial charge in [-0.05, 0) is 75.8 Å². The summed E-state index contributed by atoms with van der Waals surface area (Å²) in [5.41, 5.74) is 2.17. The number of hydrogen-bond donors (Lipinski definition) is 3. The molecule has 286 valence electrons. The van der Waals surface area contributed by atoms with Crippen molar-refractivity contribution in [2.75, 3.05) is 31.1 Å². The van der Waals surface area contributed by atoms with Gasteiger partial charge in [0, 0.05) is 94.6 Å². The van der Waals surface area contributed by atoms with Crippen molar-refractivity contribution in [3.63, 3.8) is 0 Å². The maximum Gasteiger partial charge on any atom is 0.366 e. The van der Waals surface area contributed by atoms with Crippen LogP contribution in [0.15, 0.2) is 52.7 Å². The molecule has 2 saturated heterocycles. The van der Waals surface area contributed by atoms with Crippen molar-refractivity contribution >= 4 is 45.3 Å². The van der Waals surface area contributed by atoms with E-state index in [0.717, 1.165) is 45.2 Å². The van der Waals surface area contributed by atoms with Gasteiger partial charge in [0.2, 0.25) is 5.95 Å². The summed E-state index contributed by atoms with van der Waals surface area (Å²) in [6.45, 7) is 7.61. The number of anilines is 1. The monoisotopic (exact) mass is 746 g/mol.